The van der Waals surface area contributed by atoms with Crippen LogP contribution in [-0.4, -0.2) is 11.6 Å². The second-order valence-electron chi connectivity index (χ2n) is 5.91. The summed E-state index contributed by atoms with van der Waals surface area (Å²) >= 11 is 0. The number of hydrogen-bond acceptors (Lipinski definition) is 2. The minimum Gasteiger partial charge on any atom is -0.299 e. The topological polar surface area (TPSA) is 34.1 Å². The van der Waals surface area contributed by atoms with Gasteiger partial charge >= 0.3 is 0 Å². The summed E-state index contributed by atoms with van der Waals surface area (Å²) in [5.74, 6) is 0.284. The monoisotopic (exact) mass is 268 g/mol. The molecular formula is C18H20O2. The van der Waals surface area contributed by atoms with Gasteiger partial charge in [0.25, 0.3) is 0 Å². The highest BCUT2D eigenvalue weighted by Gasteiger charge is 2.47. The molecule has 0 bridgehead atoms. The van der Waals surface area contributed by atoms with Gasteiger partial charge in [0, 0.05) is 17.9 Å². The summed E-state index contributed by atoms with van der Waals surface area (Å²) < 4.78 is 0. The fourth-order valence-corrected chi connectivity index (χ4v) is 3.74. The largest absolute Gasteiger partial charge is 0.299 e. The number of Topliss-reactive ketones (excluding diaryl/α,β-unsaturated/α-hetero) is 2. The van der Waals surface area contributed by atoms with Crippen LogP contribution >= 0.6 is 0 Å². The molecule has 2 heteroatoms. The van der Waals surface area contributed by atoms with Crippen molar-refractivity contribution in [1.29, 1.82) is 0 Å². The Balaban J connectivity index is 2.07. The number of rotatable bonds is 2. The van der Waals surface area contributed by atoms with E-state index >= 15 is 0 Å². The molecule has 2 aliphatic carbocycles. The first-order valence-corrected chi connectivity index (χ1v) is 7.55. The predicted octanol–water partition coefficient (Wildman–Crippen LogP) is 4.05. The van der Waals surface area contributed by atoms with Crippen molar-refractivity contribution >= 4 is 17.6 Å². The van der Waals surface area contributed by atoms with Crippen LogP contribution in [0.2, 0.25) is 0 Å². The fraction of sp³-hybridized carbons (Fsp3) is 0.444. The lowest BCUT2D eigenvalue weighted by Gasteiger charge is -2.39. The summed E-state index contributed by atoms with van der Waals surface area (Å²) in [4.78, 5) is 25.3. The Bertz CT molecular complexity index is 585. The highest BCUT2D eigenvalue weighted by Crippen LogP contribution is 2.46. The first-order chi connectivity index (χ1) is 9.69. The van der Waals surface area contributed by atoms with Gasteiger partial charge in [-0.3, -0.25) is 9.59 Å². The standard InChI is InChI=1S/C18H20O2/c1-2-18(15-9-5-6-10-16(15)19)12-11-13-7-3-4-8-14(13)17(18)20/h3-4,7-8,11-12,15H,2,5-6,9-10H2,1H3/t15-,18-/m0/s1. The average molecular weight is 268 g/mol. The van der Waals surface area contributed by atoms with Crippen LogP contribution in [0.3, 0.4) is 0 Å². The number of carbonyl (C=O) groups excluding carboxylic acids is 2. The average Bonchev–Trinajstić information content (AvgIpc) is 2.49. The number of fused-ring (bicyclic) bond motifs is 1. The van der Waals surface area contributed by atoms with Crippen molar-refractivity contribution < 1.29 is 9.59 Å². The molecule has 0 radical (unpaired) electrons. The van der Waals surface area contributed by atoms with Crippen molar-refractivity contribution in [3.05, 3.63) is 41.5 Å². The van der Waals surface area contributed by atoms with Crippen LogP contribution in [0.25, 0.3) is 6.08 Å². The number of allylic oxidation sites excluding steroid dienone is 1. The quantitative estimate of drug-likeness (QED) is 0.810. The van der Waals surface area contributed by atoms with Gasteiger partial charge in [-0.1, -0.05) is 49.8 Å². The van der Waals surface area contributed by atoms with Gasteiger partial charge in [-0.15, -0.1) is 0 Å². The van der Waals surface area contributed by atoms with Crippen molar-refractivity contribution in [2.45, 2.75) is 39.0 Å². The number of carbonyl (C=O) groups is 2. The van der Waals surface area contributed by atoms with Crippen molar-refractivity contribution in [2.24, 2.45) is 11.3 Å². The molecule has 0 aliphatic heterocycles. The lowest BCUT2D eigenvalue weighted by molar-refractivity contribution is -0.127. The minimum atomic E-state index is -0.605. The molecule has 2 atom stereocenters. The maximum atomic E-state index is 13.0. The van der Waals surface area contributed by atoms with Crippen LogP contribution in [0, 0.1) is 11.3 Å². The molecule has 0 spiro atoms. The van der Waals surface area contributed by atoms with Crippen LogP contribution in [0.1, 0.15) is 54.9 Å². The first-order valence-electron chi connectivity index (χ1n) is 7.55. The highest BCUT2D eigenvalue weighted by atomic mass is 16.1. The van der Waals surface area contributed by atoms with E-state index in [4.69, 9.17) is 0 Å². The van der Waals surface area contributed by atoms with Gasteiger partial charge < -0.3 is 0 Å². The molecule has 104 valence electrons. The molecule has 2 nitrogen and oxygen atoms in total. The minimum absolute atomic E-state index is 0.127. The highest BCUT2D eigenvalue weighted by molar-refractivity contribution is 6.09. The zero-order valence-electron chi connectivity index (χ0n) is 11.9. The first kappa shape index (κ1) is 13.3. The van der Waals surface area contributed by atoms with E-state index in [0.29, 0.717) is 12.8 Å². The molecule has 1 saturated carbocycles. The van der Waals surface area contributed by atoms with E-state index in [1.165, 1.54) is 0 Å². The summed E-state index contributed by atoms with van der Waals surface area (Å²) in [6.45, 7) is 2.03. The van der Waals surface area contributed by atoms with Crippen molar-refractivity contribution in [3.63, 3.8) is 0 Å². The number of ketones is 2. The third-order valence-electron chi connectivity index (χ3n) is 4.95. The van der Waals surface area contributed by atoms with Crippen molar-refractivity contribution in [1.82, 2.24) is 0 Å². The molecule has 20 heavy (non-hydrogen) atoms. The van der Waals surface area contributed by atoms with E-state index in [1.807, 2.05) is 43.3 Å². The molecule has 3 rings (SSSR count). The smallest absolute Gasteiger partial charge is 0.174 e. The Morgan fingerprint density at radius 2 is 2.00 bits per heavy atom. The summed E-state index contributed by atoms with van der Waals surface area (Å²) in [5, 5.41) is 0. The predicted molar refractivity (Wildman–Crippen MR) is 79.5 cm³/mol. The van der Waals surface area contributed by atoms with Crippen LogP contribution in [0.4, 0.5) is 0 Å². The molecule has 1 aromatic rings. The van der Waals surface area contributed by atoms with Crippen LogP contribution in [0.15, 0.2) is 30.3 Å². The molecule has 0 aromatic heterocycles. The Labute approximate surface area is 119 Å². The summed E-state index contributed by atoms with van der Waals surface area (Å²) in [7, 11) is 0. The zero-order chi connectivity index (χ0) is 14.2. The summed E-state index contributed by atoms with van der Waals surface area (Å²) in [6, 6.07) is 7.70. The fourth-order valence-electron chi connectivity index (χ4n) is 3.74. The number of benzene rings is 1. The maximum absolute atomic E-state index is 13.0. The SMILES string of the molecule is CC[C@@]1([C@H]2CCCCC2=O)C=Cc2ccccc2C1=O. The maximum Gasteiger partial charge on any atom is 0.174 e. The van der Waals surface area contributed by atoms with Crippen LogP contribution in [-0.2, 0) is 4.79 Å². The molecule has 0 N–H and O–H groups in total. The van der Waals surface area contributed by atoms with E-state index in [2.05, 4.69) is 0 Å². The van der Waals surface area contributed by atoms with E-state index in [9.17, 15) is 9.59 Å². The lowest BCUT2D eigenvalue weighted by Crippen LogP contribution is -2.43. The van der Waals surface area contributed by atoms with E-state index in [1.54, 1.807) is 0 Å². The molecular weight excluding hydrogens is 248 g/mol. The Morgan fingerprint density at radius 3 is 2.75 bits per heavy atom. The van der Waals surface area contributed by atoms with Gasteiger partial charge in [0.2, 0.25) is 0 Å². The molecule has 1 fully saturated rings. The van der Waals surface area contributed by atoms with Gasteiger partial charge in [-0.2, -0.15) is 0 Å². The van der Waals surface area contributed by atoms with Crippen LogP contribution in [0.5, 0.6) is 0 Å². The van der Waals surface area contributed by atoms with Gasteiger partial charge in [-0.05, 0) is 24.8 Å². The zero-order valence-corrected chi connectivity index (χ0v) is 11.9. The summed E-state index contributed by atoms with van der Waals surface area (Å²) in [5.41, 5.74) is 1.14. The van der Waals surface area contributed by atoms with Gasteiger partial charge in [0.15, 0.2) is 5.78 Å². The number of hydrogen-bond donors (Lipinski definition) is 0. The normalized spacial score (nSPS) is 29.4. The Hall–Kier alpha value is -1.70. The third-order valence-corrected chi connectivity index (χ3v) is 4.95. The third kappa shape index (κ3) is 1.86. The Morgan fingerprint density at radius 1 is 1.20 bits per heavy atom. The van der Waals surface area contributed by atoms with Crippen molar-refractivity contribution in [3.8, 4) is 0 Å². The van der Waals surface area contributed by atoms with Gasteiger partial charge in [0.1, 0.15) is 5.78 Å². The van der Waals surface area contributed by atoms with Crippen LogP contribution < -0.4 is 0 Å². The molecule has 0 amide bonds. The van der Waals surface area contributed by atoms with Crippen molar-refractivity contribution in [2.75, 3.05) is 0 Å². The van der Waals surface area contributed by atoms with Gasteiger partial charge in [0.05, 0.1) is 5.41 Å². The molecule has 0 unspecified atom stereocenters. The van der Waals surface area contributed by atoms with E-state index < -0.39 is 5.41 Å². The Kier molecular flexibility index (Phi) is 3.33. The van der Waals surface area contributed by atoms with Gasteiger partial charge in [-0.25, -0.2) is 0 Å². The molecule has 2 aliphatic rings. The second-order valence-corrected chi connectivity index (χ2v) is 5.91. The molecule has 1 aromatic carbocycles. The lowest BCUT2D eigenvalue weighted by atomic mass is 9.61. The molecule has 0 heterocycles. The second kappa shape index (κ2) is 5.01. The molecule has 0 saturated heterocycles. The van der Waals surface area contributed by atoms with E-state index in [0.717, 1.165) is 30.4 Å². The summed E-state index contributed by atoms with van der Waals surface area (Å²) in [6.07, 6.45) is 8.26. The van der Waals surface area contributed by atoms with E-state index in [-0.39, 0.29) is 17.5 Å².